The van der Waals surface area contributed by atoms with Gasteiger partial charge in [0.2, 0.25) is 10.0 Å². The first-order valence-electron chi connectivity index (χ1n) is 5.00. The second kappa shape index (κ2) is 4.29. The van der Waals surface area contributed by atoms with Crippen LogP contribution in [0.2, 0.25) is 0 Å². The molecule has 0 bridgehead atoms. The van der Waals surface area contributed by atoms with Crippen molar-refractivity contribution in [1.29, 1.82) is 0 Å². The molecule has 1 aliphatic heterocycles. The van der Waals surface area contributed by atoms with Gasteiger partial charge in [-0.2, -0.15) is 4.31 Å². The van der Waals surface area contributed by atoms with Gasteiger partial charge in [-0.25, -0.2) is 17.2 Å². The molecule has 18 heavy (non-hydrogen) atoms. The first-order valence-corrected chi connectivity index (χ1v) is 6.44. The molecule has 0 aliphatic carbocycles. The lowest BCUT2D eigenvalue weighted by Crippen LogP contribution is -2.52. The second-order valence-electron chi connectivity index (χ2n) is 3.93. The number of halogens is 2. The van der Waals surface area contributed by atoms with E-state index < -0.39 is 33.5 Å². The minimum Gasteiger partial charge on any atom is -0.481 e. The van der Waals surface area contributed by atoms with E-state index in [2.05, 4.69) is 0 Å². The van der Waals surface area contributed by atoms with E-state index in [0.717, 1.165) is 16.4 Å². The van der Waals surface area contributed by atoms with Gasteiger partial charge in [-0.1, -0.05) is 0 Å². The van der Waals surface area contributed by atoms with Gasteiger partial charge in [-0.05, 0) is 18.2 Å². The highest BCUT2D eigenvalue weighted by Crippen LogP contribution is 2.26. The van der Waals surface area contributed by atoms with Crippen LogP contribution in [-0.4, -0.2) is 36.9 Å². The van der Waals surface area contributed by atoms with Gasteiger partial charge in [-0.15, -0.1) is 0 Å². The summed E-state index contributed by atoms with van der Waals surface area (Å²) < 4.78 is 50.3. The Morgan fingerprint density at radius 1 is 1.28 bits per heavy atom. The molecular weight excluding hydrogens is 268 g/mol. The number of carbonyl (C=O) groups is 1. The van der Waals surface area contributed by atoms with Crippen molar-refractivity contribution in [3.63, 3.8) is 0 Å². The lowest BCUT2D eigenvalue weighted by molar-refractivity contribution is -0.145. The zero-order valence-electron chi connectivity index (χ0n) is 9.01. The topological polar surface area (TPSA) is 74.7 Å². The molecule has 0 unspecified atom stereocenters. The lowest BCUT2D eigenvalue weighted by Gasteiger charge is -2.35. The van der Waals surface area contributed by atoms with Crippen molar-refractivity contribution in [1.82, 2.24) is 4.31 Å². The predicted octanol–water partition coefficient (Wildman–Crippen LogP) is 0.670. The number of carboxylic acid groups (broad SMARTS) is 1. The average molecular weight is 277 g/mol. The molecular formula is C10H9F2NO4S. The van der Waals surface area contributed by atoms with E-state index in [9.17, 15) is 22.0 Å². The largest absolute Gasteiger partial charge is 0.481 e. The highest BCUT2D eigenvalue weighted by Gasteiger charge is 2.40. The van der Waals surface area contributed by atoms with Crippen LogP contribution in [0.25, 0.3) is 0 Å². The minimum absolute atomic E-state index is 0.156. The molecule has 2 rings (SSSR count). The summed E-state index contributed by atoms with van der Waals surface area (Å²) in [6.07, 6.45) is 0. The standard InChI is InChI=1S/C10H9F2NO4S/c11-8-2-1-7(3-9(8)12)18(16,17)13-4-6(5-13)10(14)15/h1-3,6H,4-5H2,(H,14,15). The number of aliphatic carboxylic acids is 1. The van der Waals surface area contributed by atoms with Gasteiger partial charge in [0, 0.05) is 13.1 Å². The van der Waals surface area contributed by atoms with E-state index in [-0.39, 0.29) is 18.0 Å². The van der Waals surface area contributed by atoms with Gasteiger partial charge in [0.15, 0.2) is 11.6 Å². The number of benzene rings is 1. The fraction of sp³-hybridized carbons (Fsp3) is 0.300. The SMILES string of the molecule is O=C(O)C1CN(S(=O)(=O)c2ccc(F)c(F)c2)C1. The normalized spacial score (nSPS) is 17.4. The third-order valence-electron chi connectivity index (χ3n) is 2.73. The van der Waals surface area contributed by atoms with Gasteiger partial charge in [-0.3, -0.25) is 4.79 Å². The summed E-state index contributed by atoms with van der Waals surface area (Å²) in [7, 11) is -3.94. The fourth-order valence-corrected chi connectivity index (χ4v) is 3.12. The molecule has 0 atom stereocenters. The highest BCUT2D eigenvalue weighted by molar-refractivity contribution is 7.89. The van der Waals surface area contributed by atoms with Gasteiger partial charge >= 0.3 is 5.97 Å². The molecule has 98 valence electrons. The van der Waals surface area contributed by atoms with E-state index in [1.54, 1.807) is 0 Å². The smallest absolute Gasteiger partial charge is 0.309 e. The number of hydrogen-bond acceptors (Lipinski definition) is 3. The number of sulfonamides is 1. The Balaban J connectivity index is 2.22. The number of carboxylic acids is 1. The molecule has 1 fully saturated rings. The molecule has 0 spiro atoms. The zero-order chi connectivity index (χ0) is 13.5. The summed E-state index contributed by atoms with van der Waals surface area (Å²) in [6.45, 7) is -0.312. The number of rotatable bonds is 3. The molecule has 1 aliphatic rings. The van der Waals surface area contributed by atoms with Crippen LogP contribution in [0, 0.1) is 17.6 Å². The highest BCUT2D eigenvalue weighted by atomic mass is 32.2. The zero-order valence-corrected chi connectivity index (χ0v) is 9.82. The van der Waals surface area contributed by atoms with Crippen LogP contribution in [0.5, 0.6) is 0 Å². The second-order valence-corrected chi connectivity index (χ2v) is 5.87. The Morgan fingerprint density at radius 2 is 1.89 bits per heavy atom. The van der Waals surface area contributed by atoms with Crippen molar-refractivity contribution in [2.24, 2.45) is 5.92 Å². The summed E-state index contributed by atoms with van der Waals surface area (Å²) >= 11 is 0. The molecule has 8 heteroatoms. The van der Waals surface area contributed by atoms with Crippen LogP contribution in [0.1, 0.15) is 0 Å². The van der Waals surface area contributed by atoms with Crippen molar-refractivity contribution in [2.45, 2.75) is 4.90 Å². The summed E-state index contributed by atoms with van der Waals surface area (Å²) in [6, 6.07) is 2.25. The quantitative estimate of drug-likeness (QED) is 0.881. The molecule has 0 radical (unpaired) electrons. The number of nitrogens with zero attached hydrogens (tertiary/aromatic N) is 1. The van der Waals surface area contributed by atoms with E-state index in [1.807, 2.05) is 0 Å². The monoisotopic (exact) mass is 277 g/mol. The van der Waals surface area contributed by atoms with Crippen LogP contribution < -0.4 is 0 Å². The summed E-state index contributed by atoms with van der Waals surface area (Å²) in [5.74, 6) is -4.22. The fourth-order valence-electron chi connectivity index (χ4n) is 1.58. The minimum atomic E-state index is -3.94. The third kappa shape index (κ3) is 2.08. The van der Waals surface area contributed by atoms with Crippen molar-refractivity contribution in [3.8, 4) is 0 Å². The van der Waals surface area contributed by atoms with E-state index in [4.69, 9.17) is 5.11 Å². The van der Waals surface area contributed by atoms with Crippen molar-refractivity contribution >= 4 is 16.0 Å². The van der Waals surface area contributed by atoms with Crippen LogP contribution in [0.15, 0.2) is 23.1 Å². The first-order chi connectivity index (χ1) is 8.32. The Bertz CT molecular complexity index is 596. The Kier molecular flexibility index (Phi) is 3.07. The van der Waals surface area contributed by atoms with Crippen molar-refractivity contribution < 1.29 is 27.1 Å². The molecule has 1 N–H and O–H groups in total. The molecule has 1 heterocycles. The maximum atomic E-state index is 12.9. The summed E-state index contributed by atoms with van der Waals surface area (Å²) in [4.78, 5) is 10.2. The van der Waals surface area contributed by atoms with Gasteiger partial charge in [0.25, 0.3) is 0 Å². The van der Waals surface area contributed by atoms with Gasteiger partial charge in [0.05, 0.1) is 10.8 Å². The molecule has 1 aromatic rings. The first kappa shape index (κ1) is 12.9. The van der Waals surface area contributed by atoms with Crippen LogP contribution in [0.4, 0.5) is 8.78 Å². The average Bonchev–Trinajstić information content (AvgIpc) is 2.18. The van der Waals surface area contributed by atoms with Crippen LogP contribution >= 0.6 is 0 Å². The molecule has 0 amide bonds. The molecule has 5 nitrogen and oxygen atoms in total. The van der Waals surface area contributed by atoms with E-state index in [0.29, 0.717) is 6.07 Å². The molecule has 1 saturated heterocycles. The number of hydrogen-bond donors (Lipinski definition) is 1. The van der Waals surface area contributed by atoms with Crippen LogP contribution in [0.3, 0.4) is 0 Å². The molecule has 0 aromatic heterocycles. The summed E-state index contributed by atoms with van der Waals surface area (Å²) in [5, 5.41) is 8.64. The maximum Gasteiger partial charge on any atom is 0.309 e. The van der Waals surface area contributed by atoms with Crippen LogP contribution in [-0.2, 0) is 14.8 Å². The molecule has 0 saturated carbocycles. The molecule has 1 aromatic carbocycles. The third-order valence-corrected chi connectivity index (χ3v) is 4.55. The van der Waals surface area contributed by atoms with Crippen molar-refractivity contribution in [2.75, 3.05) is 13.1 Å². The lowest BCUT2D eigenvalue weighted by atomic mass is 10.0. The Morgan fingerprint density at radius 3 is 2.39 bits per heavy atom. The van der Waals surface area contributed by atoms with Gasteiger partial charge < -0.3 is 5.11 Å². The van der Waals surface area contributed by atoms with Gasteiger partial charge in [0.1, 0.15) is 0 Å². The Hall–Kier alpha value is -1.54. The summed E-state index contributed by atoms with van der Waals surface area (Å²) in [5.41, 5.74) is 0. The predicted molar refractivity (Wildman–Crippen MR) is 56.2 cm³/mol. The van der Waals surface area contributed by atoms with E-state index in [1.165, 1.54) is 0 Å². The van der Waals surface area contributed by atoms with Crippen molar-refractivity contribution in [3.05, 3.63) is 29.8 Å². The van der Waals surface area contributed by atoms with E-state index >= 15 is 0 Å². The maximum absolute atomic E-state index is 12.9. The Labute approximate surface area is 102 Å².